The number of hydrazine groups is 1. The van der Waals surface area contributed by atoms with Crippen LogP contribution < -0.4 is 9.75 Å². The van der Waals surface area contributed by atoms with Crippen molar-refractivity contribution in [2.24, 2.45) is 0 Å². The van der Waals surface area contributed by atoms with E-state index in [1.807, 2.05) is 11.1 Å². The second kappa shape index (κ2) is 7.92. The van der Waals surface area contributed by atoms with E-state index in [-0.39, 0.29) is 11.3 Å². The number of carbonyl (C=O) groups is 2. The number of aliphatic carboxylic acids is 1. The Kier molecular flexibility index (Phi) is 5.58. The molecule has 1 heterocycles. The van der Waals surface area contributed by atoms with Crippen LogP contribution in [0.15, 0.2) is 48.5 Å². The van der Waals surface area contributed by atoms with Gasteiger partial charge in [0, 0.05) is 13.0 Å². The number of ether oxygens (including phenoxy) is 1. The third kappa shape index (κ3) is 4.63. The first kappa shape index (κ1) is 19.7. The van der Waals surface area contributed by atoms with Crippen LogP contribution >= 0.6 is 0 Å². The van der Waals surface area contributed by atoms with Crippen molar-refractivity contribution in [3.63, 3.8) is 0 Å². The van der Waals surface area contributed by atoms with Gasteiger partial charge in [-0.2, -0.15) is 0 Å². The van der Waals surface area contributed by atoms with Crippen molar-refractivity contribution < 1.29 is 19.4 Å². The van der Waals surface area contributed by atoms with Gasteiger partial charge in [-0.25, -0.2) is 9.80 Å². The minimum absolute atomic E-state index is 0.0664. The first-order chi connectivity index (χ1) is 13.2. The van der Waals surface area contributed by atoms with Gasteiger partial charge in [0.2, 0.25) is 5.91 Å². The first-order valence-electron chi connectivity index (χ1n) is 9.36. The molecule has 0 spiro atoms. The van der Waals surface area contributed by atoms with Gasteiger partial charge in [0.25, 0.3) is 0 Å². The number of rotatable bonds is 6. The summed E-state index contributed by atoms with van der Waals surface area (Å²) in [5, 5.41) is 12.5. The van der Waals surface area contributed by atoms with E-state index in [9.17, 15) is 9.59 Å². The Balaban J connectivity index is 1.76. The van der Waals surface area contributed by atoms with Crippen LogP contribution in [0.3, 0.4) is 0 Å². The summed E-state index contributed by atoms with van der Waals surface area (Å²) in [6.07, 6.45) is 0.468. The summed E-state index contributed by atoms with van der Waals surface area (Å²) in [6.45, 7) is 7.18. The fraction of sp³-hybridized carbons (Fsp3) is 0.364. The molecule has 2 aromatic carbocycles. The number of nitrogens with zero attached hydrogens (tertiary/aromatic N) is 2. The second-order valence-electron chi connectivity index (χ2n) is 7.95. The Morgan fingerprint density at radius 1 is 1.14 bits per heavy atom. The average Bonchev–Trinajstić information content (AvgIpc) is 3.00. The predicted octanol–water partition coefficient (Wildman–Crippen LogP) is 3.60. The topological polar surface area (TPSA) is 70.1 Å². The van der Waals surface area contributed by atoms with E-state index in [0.29, 0.717) is 25.3 Å². The van der Waals surface area contributed by atoms with Crippen LogP contribution in [-0.2, 0) is 21.5 Å². The minimum Gasteiger partial charge on any atom is -0.482 e. The fourth-order valence-electron chi connectivity index (χ4n) is 3.21. The van der Waals surface area contributed by atoms with E-state index in [2.05, 4.69) is 45.0 Å². The van der Waals surface area contributed by atoms with Crippen molar-refractivity contribution in [2.45, 2.75) is 39.2 Å². The van der Waals surface area contributed by atoms with E-state index < -0.39 is 12.6 Å². The maximum absolute atomic E-state index is 12.5. The summed E-state index contributed by atoms with van der Waals surface area (Å²) in [4.78, 5) is 23.1. The molecule has 0 aromatic heterocycles. The summed E-state index contributed by atoms with van der Waals surface area (Å²) in [6, 6.07) is 15.5. The van der Waals surface area contributed by atoms with Gasteiger partial charge in [0.1, 0.15) is 5.75 Å². The summed E-state index contributed by atoms with van der Waals surface area (Å²) < 4.78 is 5.24. The fourth-order valence-corrected chi connectivity index (χ4v) is 3.21. The molecule has 6 heteroatoms. The Bertz CT molecular complexity index is 856. The molecule has 148 valence electrons. The molecule has 2 aromatic rings. The van der Waals surface area contributed by atoms with Gasteiger partial charge in [-0.1, -0.05) is 45.0 Å². The van der Waals surface area contributed by atoms with Crippen LogP contribution in [0, 0.1) is 0 Å². The molecule has 0 unspecified atom stereocenters. The molecule has 1 aliphatic heterocycles. The van der Waals surface area contributed by atoms with E-state index in [1.54, 1.807) is 23.2 Å². The van der Waals surface area contributed by atoms with Crippen LogP contribution in [0.2, 0.25) is 0 Å². The lowest BCUT2D eigenvalue weighted by molar-refractivity contribution is -0.139. The number of carboxylic acids is 1. The van der Waals surface area contributed by atoms with Crippen LogP contribution in [0.1, 0.15) is 38.3 Å². The van der Waals surface area contributed by atoms with Gasteiger partial charge < -0.3 is 9.84 Å². The summed E-state index contributed by atoms with van der Waals surface area (Å²) in [5.74, 6) is -0.477. The quantitative estimate of drug-likeness (QED) is 0.827. The third-order valence-corrected chi connectivity index (χ3v) is 4.74. The molecule has 6 nitrogen and oxygen atoms in total. The van der Waals surface area contributed by atoms with Crippen LogP contribution in [-0.4, -0.2) is 35.1 Å². The molecule has 3 rings (SSSR count). The highest BCUT2D eigenvalue weighted by Gasteiger charge is 2.29. The van der Waals surface area contributed by atoms with Gasteiger partial charge in [-0.05, 0) is 40.8 Å². The molecule has 0 saturated carbocycles. The molecule has 0 radical (unpaired) electrons. The molecule has 0 bridgehead atoms. The Morgan fingerprint density at radius 3 is 2.50 bits per heavy atom. The third-order valence-electron chi connectivity index (χ3n) is 4.74. The Hall–Kier alpha value is -3.02. The molecule has 1 N–H and O–H groups in total. The zero-order chi connectivity index (χ0) is 20.3. The van der Waals surface area contributed by atoms with Crippen molar-refractivity contribution in [2.75, 3.05) is 18.2 Å². The van der Waals surface area contributed by atoms with E-state index in [1.165, 1.54) is 5.56 Å². The first-order valence-corrected chi connectivity index (χ1v) is 9.36. The highest BCUT2D eigenvalue weighted by Crippen LogP contribution is 2.28. The summed E-state index contributed by atoms with van der Waals surface area (Å²) >= 11 is 0. The van der Waals surface area contributed by atoms with E-state index in [4.69, 9.17) is 9.84 Å². The second-order valence-corrected chi connectivity index (χ2v) is 7.95. The monoisotopic (exact) mass is 382 g/mol. The van der Waals surface area contributed by atoms with Crippen LogP contribution in [0.5, 0.6) is 5.75 Å². The van der Waals surface area contributed by atoms with Gasteiger partial charge in [-0.15, -0.1) is 0 Å². The highest BCUT2D eigenvalue weighted by atomic mass is 16.5. The van der Waals surface area contributed by atoms with Gasteiger partial charge in [0.05, 0.1) is 12.2 Å². The smallest absolute Gasteiger partial charge is 0.341 e. The number of amides is 1. The number of hydrogen-bond acceptors (Lipinski definition) is 4. The summed E-state index contributed by atoms with van der Waals surface area (Å²) in [5.41, 5.74) is 3.19. The molecular formula is C22H26N2O4. The van der Waals surface area contributed by atoms with Gasteiger partial charge in [0.15, 0.2) is 6.61 Å². The molecule has 28 heavy (non-hydrogen) atoms. The lowest BCUT2D eigenvalue weighted by Crippen LogP contribution is -2.38. The van der Waals surface area contributed by atoms with Crippen molar-refractivity contribution in [1.29, 1.82) is 0 Å². The van der Waals surface area contributed by atoms with Crippen molar-refractivity contribution in [3.05, 3.63) is 59.7 Å². The standard InChI is InChI=1S/C22H26N2O4/c1-22(2,3)17-7-9-18(10-8-17)23-12-11-20(25)24(23)14-16-5-4-6-19(13-16)28-15-21(26)27/h4-10,13H,11-12,14-15H2,1-3H3,(H,26,27). The molecule has 1 saturated heterocycles. The van der Waals surface area contributed by atoms with Crippen molar-refractivity contribution in [1.82, 2.24) is 5.01 Å². The predicted molar refractivity (Wildman–Crippen MR) is 107 cm³/mol. The number of anilines is 1. The molecular weight excluding hydrogens is 356 g/mol. The van der Waals surface area contributed by atoms with E-state index in [0.717, 1.165) is 11.3 Å². The maximum Gasteiger partial charge on any atom is 0.341 e. The molecule has 1 fully saturated rings. The Morgan fingerprint density at radius 2 is 1.86 bits per heavy atom. The molecule has 0 atom stereocenters. The number of carboxylic acid groups (broad SMARTS) is 1. The zero-order valence-electron chi connectivity index (χ0n) is 16.5. The lowest BCUT2D eigenvalue weighted by Gasteiger charge is -2.30. The average molecular weight is 382 g/mol. The normalized spacial score (nSPS) is 14.5. The Labute approximate surface area is 165 Å². The SMILES string of the molecule is CC(C)(C)c1ccc(N2CCC(=O)N2Cc2cccc(OCC(=O)O)c2)cc1. The number of benzene rings is 2. The van der Waals surface area contributed by atoms with E-state index >= 15 is 0 Å². The molecule has 1 aliphatic rings. The largest absolute Gasteiger partial charge is 0.482 e. The van der Waals surface area contributed by atoms with Crippen molar-refractivity contribution >= 4 is 17.6 Å². The number of carbonyl (C=O) groups excluding carboxylic acids is 1. The highest BCUT2D eigenvalue weighted by molar-refractivity contribution is 5.81. The van der Waals surface area contributed by atoms with Crippen LogP contribution in [0.4, 0.5) is 5.69 Å². The number of hydrogen-bond donors (Lipinski definition) is 1. The van der Waals surface area contributed by atoms with Crippen LogP contribution in [0.25, 0.3) is 0 Å². The van der Waals surface area contributed by atoms with Gasteiger partial charge >= 0.3 is 5.97 Å². The lowest BCUT2D eigenvalue weighted by atomic mass is 9.87. The minimum atomic E-state index is -1.02. The summed E-state index contributed by atoms with van der Waals surface area (Å²) in [7, 11) is 0. The zero-order valence-corrected chi connectivity index (χ0v) is 16.5. The molecule has 1 amide bonds. The maximum atomic E-state index is 12.5. The van der Waals surface area contributed by atoms with Crippen molar-refractivity contribution in [3.8, 4) is 5.75 Å². The van der Waals surface area contributed by atoms with Gasteiger partial charge in [-0.3, -0.25) is 9.80 Å². The molecule has 0 aliphatic carbocycles.